The molecular weight excluding hydrogens is 182 g/mol. The minimum atomic E-state index is -2.37. The Hall–Kier alpha value is 0.270. The maximum Gasteiger partial charge on any atom is 0.101 e. The maximum atomic E-state index is 8.03. The van der Waals surface area contributed by atoms with Crippen LogP contribution in [0.25, 0.3) is 0 Å². The van der Waals surface area contributed by atoms with Gasteiger partial charge in [-0.25, -0.2) is 0 Å². The Morgan fingerprint density at radius 2 is 2.46 bits per heavy atom. The molecule has 2 nitrogen and oxygen atoms in total. The van der Waals surface area contributed by atoms with Crippen molar-refractivity contribution in [3.63, 3.8) is 0 Å². The third kappa shape index (κ3) is 1.24. The van der Waals surface area contributed by atoms with Crippen molar-refractivity contribution in [1.82, 2.24) is 4.90 Å². The molecule has 2 bridgehead atoms. The number of nitrogens with zero attached hydrogens (tertiary/aromatic N) is 1. The first kappa shape index (κ1) is 5.38. The summed E-state index contributed by atoms with van der Waals surface area (Å²) in [6.45, 7) is 0.632. The third-order valence-electron chi connectivity index (χ3n) is 3.57. The Morgan fingerprint density at radius 3 is 3.00 bits per heavy atom. The van der Waals surface area contributed by atoms with Crippen LogP contribution >= 0.6 is 11.8 Å². The lowest BCUT2D eigenvalue weighted by molar-refractivity contribution is -0.133. The molecule has 74 valence electrons. The maximum absolute atomic E-state index is 8.03. The fourth-order valence-corrected chi connectivity index (χ4v) is 3.82. The zero-order chi connectivity index (χ0) is 12.3. The second-order valence-electron chi connectivity index (χ2n) is 4.29. The summed E-state index contributed by atoms with van der Waals surface area (Å²) < 4.78 is 36.2. The van der Waals surface area contributed by atoms with E-state index in [1.165, 1.54) is 0 Å². The molecule has 4 aliphatic rings. The molecule has 4 rings (SSSR count). The number of ether oxygens (including phenoxy) is 1. The number of rotatable bonds is 0. The second kappa shape index (κ2) is 2.88. The molecule has 4 heterocycles. The minimum Gasteiger partial charge on any atom is -0.359 e. The van der Waals surface area contributed by atoms with Gasteiger partial charge < -0.3 is 9.64 Å². The van der Waals surface area contributed by atoms with Crippen LogP contribution in [0.2, 0.25) is 0 Å². The van der Waals surface area contributed by atoms with Crippen LogP contribution in [0.4, 0.5) is 0 Å². The van der Waals surface area contributed by atoms with Gasteiger partial charge in [-0.15, -0.1) is 11.8 Å². The van der Waals surface area contributed by atoms with Gasteiger partial charge in [0, 0.05) is 16.4 Å². The van der Waals surface area contributed by atoms with Crippen LogP contribution in [0.3, 0.4) is 0 Å². The van der Waals surface area contributed by atoms with Gasteiger partial charge in [0.2, 0.25) is 0 Å². The fraction of sp³-hybridized carbons (Fsp3) is 1.00. The van der Waals surface area contributed by atoms with Gasteiger partial charge in [0.15, 0.2) is 0 Å². The minimum absolute atomic E-state index is 0.378. The molecule has 1 spiro atoms. The van der Waals surface area contributed by atoms with Crippen molar-refractivity contribution in [3.05, 3.63) is 0 Å². The lowest BCUT2D eigenvalue weighted by Crippen LogP contribution is -2.60. The molecule has 0 amide bonds. The van der Waals surface area contributed by atoms with Crippen LogP contribution in [0.5, 0.6) is 0 Å². The molecule has 13 heavy (non-hydrogen) atoms. The first-order chi connectivity index (χ1) is 7.85. The lowest BCUT2D eigenvalue weighted by atomic mass is 9.76. The van der Waals surface area contributed by atoms with E-state index in [0.717, 1.165) is 44.2 Å². The summed E-state index contributed by atoms with van der Waals surface area (Å²) in [7, 11) is 0. The molecule has 0 unspecified atom stereocenters. The highest BCUT2D eigenvalue weighted by molar-refractivity contribution is 8.00. The van der Waals surface area contributed by atoms with E-state index in [9.17, 15) is 0 Å². The molecule has 0 aromatic rings. The number of piperidine rings is 3. The predicted molar refractivity (Wildman–Crippen MR) is 54.9 cm³/mol. The van der Waals surface area contributed by atoms with Crippen molar-refractivity contribution in [2.75, 3.05) is 25.4 Å². The first-order valence-electron chi connectivity index (χ1n) is 6.91. The molecule has 4 aliphatic heterocycles. The summed E-state index contributed by atoms with van der Waals surface area (Å²) >= 11 is 1.15. The predicted octanol–water partition coefficient (Wildman–Crippen LogP) is 1.56. The standard InChI is InChI=1S/C10H17NOS/c1-8-12-10(7-13-8)6-11-4-2-9(10)3-5-11/h8-9H,2-7H2,1H3/t8-,10-/m1/s1/i1D3,8D. The topological polar surface area (TPSA) is 12.5 Å². The van der Waals surface area contributed by atoms with Crippen LogP contribution in [0.15, 0.2) is 0 Å². The van der Waals surface area contributed by atoms with Crippen molar-refractivity contribution >= 4 is 11.8 Å². The van der Waals surface area contributed by atoms with Crippen LogP contribution in [0, 0.1) is 5.92 Å². The van der Waals surface area contributed by atoms with E-state index in [2.05, 4.69) is 4.90 Å². The molecule has 0 N–H and O–H groups in total. The summed E-state index contributed by atoms with van der Waals surface area (Å²) in [6.07, 6.45) is 2.16. The second-order valence-corrected chi connectivity index (χ2v) is 5.24. The summed E-state index contributed by atoms with van der Waals surface area (Å²) in [4.78, 5) is 2.34. The van der Waals surface area contributed by atoms with Crippen LogP contribution in [-0.2, 0) is 4.74 Å². The number of hydrogen-bond donors (Lipinski definition) is 0. The highest BCUT2D eigenvalue weighted by Crippen LogP contribution is 2.46. The van der Waals surface area contributed by atoms with Crippen LogP contribution < -0.4 is 0 Å². The molecule has 0 saturated carbocycles. The zero-order valence-corrected chi connectivity index (χ0v) is 8.40. The third-order valence-corrected chi connectivity index (χ3v) is 4.54. The van der Waals surface area contributed by atoms with Gasteiger partial charge in [-0.3, -0.25) is 0 Å². The first-order valence-corrected chi connectivity index (χ1v) is 5.90. The lowest BCUT2D eigenvalue weighted by Gasteiger charge is -2.50. The van der Waals surface area contributed by atoms with Gasteiger partial charge in [0.1, 0.15) is 5.41 Å². The average molecular weight is 203 g/mol. The molecular formula is C10H17NOS. The normalized spacial score (nSPS) is 65.8. The van der Waals surface area contributed by atoms with E-state index in [1.807, 2.05) is 0 Å². The Bertz CT molecular complexity index is 331. The van der Waals surface area contributed by atoms with Crippen molar-refractivity contribution in [2.24, 2.45) is 5.92 Å². The molecule has 0 aromatic carbocycles. The largest absolute Gasteiger partial charge is 0.359 e. The van der Waals surface area contributed by atoms with Gasteiger partial charge >= 0.3 is 0 Å². The van der Waals surface area contributed by atoms with Crippen molar-refractivity contribution in [3.8, 4) is 0 Å². The van der Waals surface area contributed by atoms with Crippen molar-refractivity contribution in [1.29, 1.82) is 0 Å². The SMILES string of the molecule is [2H]C([2H])([2H])[C@]1([2H])O[C@@]2(CS1)CN1CCC2CC1. The fourth-order valence-electron chi connectivity index (χ4n) is 2.84. The van der Waals surface area contributed by atoms with Gasteiger partial charge in [0.05, 0.1) is 6.97 Å². The Labute approximate surface area is 89.6 Å². The van der Waals surface area contributed by atoms with Gasteiger partial charge in [-0.2, -0.15) is 0 Å². The molecule has 2 atom stereocenters. The molecule has 0 radical (unpaired) electrons. The van der Waals surface area contributed by atoms with E-state index in [-0.39, 0.29) is 5.60 Å². The van der Waals surface area contributed by atoms with Gasteiger partial charge in [-0.1, -0.05) is 0 Å². The highest BCUT2D eigenvalue weighted by atomic mass is 32.2. The summed E-state index contributed by atoms with van der Waals surface area (Å²) in [6, 6.07) is 0. The molecule has 4 saturated heterocycles. The monoisotopic (exact) mass is 203 g/mol. The van der Waals surface area contributed by atoms with Crippen LogP contribution in [0.1, 0.15) is 25.2 Å². The zero-order valence-electron chi connectivity index (χ0n) is 11.6. The Kier molecular flexibility index (Phi) is 1.19. The number of thioether (sulfide) groups is 1. The number of fused-ring (bicyclic) bond motifs is 2. The van der Waals surface area contributed by atoms with Gasteiger partial charge in [-0.05, 0) is 38.7 Å². The van der Waals surface area contributed by atoms with E-state index in [0.29, 0.717) is 11.7 Å². The van der Waals surface area contributed by atoms with Crippen LogP contribution in [-0.4, -0.2) is 41.3 Å². The van der Waals surface area contributed by atoms with E-state index < -0.39 is 12.3 Å². The summed E-state index contributed by atoms with van der Waals surface area (Å²) in [5.41, 5.74) is -2.14. The quantitative estimate of drug-likeness (QED) is 0.593. The average Bonchev–Trinajstić information content (AvgIpc) is 2.58. The molecule has 0 aromatic heterocycles. The Balaban J connectivity index is 1.84. The number of hydrogen-bond acceptors (Lipinski definition) is 3. The highest BCUT2D eigenvalue weighted by Gasteiger charge is 2.51. The van der Waals surface area contributed by atoms with Crippen molar-refractivity contribution in [2.45, 2.75) is 30.7 Å². The van der Waals surface area contributed by atoms with Gasteiger partial charge in [0.25, 0.3) is 0 Å². The smallest absolute Gasteiger partial charge is 0.101 e. The van der Waals surface area contributed by atoms with E-state index in [4.69, 9.17) is 10.2 Å². The molecule has 4 fully saturated rings. The summed E-state index contributed by atoms with van der Waals surface area (Å²) in [5, 5.41) is 0. The molecule has 0 aliphatic carbocycles. The molecule has 3 heteroatoms. The Morgan fingerprint density at radius 1 is 1.62 bits per heavy atom. The summed E-state index contributed by atoms with van der Waals surface area (Å²) in [5.74, 6) is 1.09. The van der Waals surface area contributed by atoms with Crippen molar-refractivity contribution < 1.29 is 10.2 Å². The van der Waals surface area contributed by atoms with E-state index >= 15 is 0 Å². The van der Waals surface area contributed by atoms with E-state index in [1.54, 1.807) is 0 Å².